The quantitative estimate of drug-likeness (QED) is 0.556. The molecule has 0 N–H and O–H groups in total. The highest BCUT2D eigenvalue weighted by Gasteiger charge is 2.24. The van der Waals surface area contributed by atoms with Crippen molar-refractivity contribution in [1.82, 2.24) is 9.80 Å². The fraction of sp³-hybridized carbons (Fsp3) is 0.368. The van der Waals surface area contributed by atoms with Gasteiger partial charge in [0, 0.05) is 30.2 Å². The Morgan fingerprint density at radius 1 is 1.00 bits per heavy atom. The van der Waals surface area contributed by atoms with Gasteiger partial charge in [0.15, 0.2) is 0 Å². The molecule has 1 atom stereocenters. The van der Waals surface area contributed by atoms with E-state index >= 15 is 0 Å². The third kappa shape index (κ3) is 4.78. The second-order valence-electron chi connectivity index (χ2n) is 6.15. The molecule has 3 nitrogen and oxygen atoms in total. The van der Waals surface area contributed by atoms with Crippen molar-refractivity contribution in [1.29, 1.82) is 0 Å². The van der Waals surface area contributed by atoms with Gasteiger partial charge in [0.1, 0.15) is 0 Å². The van der Waals surface area contributed by atoms with E-state index in [1.165, 1.54) is 10.6 Å². The van der Waals surface area contributed by atoms with E-state index < -0.39 is 8.15 Å². The maximum absolute atomic E-state index is 6.54. The minimum atomic E-state index is -0.852. The molecule has 1 aliphatic heterocycles. The smallest absolute Gasteiger partial charge is 0.0923 e. The zero-order valence-electron chi connectivity index (χ0n) is 14.0. The summed E-state index contributed by atoms with van der Waals surface area (Å²) in [6.45, 7) is 4.07. The summed E-state index contributed by atoms with van der Waals surface area (Å²) in [5.41, 5.74) is 0. The first-order chi connectivity index (χ1) is 11.8. The summed E-state index contributed by atoms with van der Waals surface area (Å²) in [4.78, 5) is 4.74. The molecule has 5 heteroatoms. The van der Waals surface area contributed by atoms with Crippen LogP contribution in [-0.4, -0.2) is 55.1 Å². The third-order valence-electron chi connectivity index (χ3n) is 4.11. The molecule has 0 radical (unpaired) electrons. The topological polar surface area (TPSA) is 15.7 Å². The molecule has 3 rings (SSSR count). The number of hydrogen-bond acceptors (Lipinski definition) is 3. The lowest BCUT2D eigenvalue weighted by molar-refractivity contribution is 0.169. The van der Waals surface area contributed by atoms with E-state index in [1.807, 2.05) is 12.1 Å². The van der Waals surface area contributed by atoms with Crippen molar-refractivity contribution < 1.29 is 4.52 Å². The van der Waals surface area contributed by atoms with Gasteiger partial charge in [-0.2, -0.15) is 0 Å². The molecular formula is C19H24ClN2OP. The second-order valence-corrected chi connectivity index (χ2v) is 8.29. The maximum Gasteiger partial charge on any atom is 0.0923 e. The number of rotatable bonds is 7. The van der Waals surface area contributed by atoms with Crippen LogP contribution in [0, 0.1) is 0 Å². The van der Waals surface area contributed by atoms with Gasteiger partial charge in [-0.1, -0.05) is 60.7 Å². The minimum absolute atomic E-state index is 0.0321. The van der Waals surface area contributed by atoms with Crippen LogP contribution in [0.25, 0.3) is 0 Å². The number of hydrogen-bond donors (Lipinski definition) is 0. The number of likely N-dealkylation sites (N-methyl/N-ethyl adjacent to an activating group) is 1. The van der Waals surface area contributed by atoms with Gasteiger partial charge in [-0.05, 0) is 7.05 Å². The lowest BCUT2D eigenvalue weighted by Crippen LogP contribution is -2.35. The number of nitrogens with zero attached hydrogens (tertiary/aromatic N) is 2. The Morgan fingerprint density at radius 2 is 1.58 bits per heavy atom. The standard InChI is InChI=1S/C19H24ClN2OP/c1-21-12-13-22(16-21)15-17(14-20)23-24(18-8-4-2-5-9-18)19-10-6-3-7-11-19/h2-11,17H,12-16H2,1H3. The van der Waals surface area contributed by atoms with Crippen molar-refractivity contribution in [2.24, 2.45) is 0 Å². The molecule has 24 heavy (non-hydrogen) atoms. The first kappa shape index (κ1) is 17.8. The molecule has 0 aromatic heterocycles. The highest BCUT2D eigenvalue weighted by molar-refractivity contribution is 7.68. The molecule has 128 valence electrons. The van der Waals surface area contributed by atoms with Crippen LogP contribution in [0.1, 0.15) is 0 Å². The summed E-state index contributed by atoms with van der Waals surface area (Å²) in [5, 5.41) is 2.46. The molecule has 1 aliphatic rings. The van der Waals surface area contributed by atoms with Crippen molar-refractivity contribution in [3.8, 4) is 0 Å². The maximum atomic E-state index is 6.54. The summed E-state index contributed by atoms with van der Waals surface area (Å²) < 4.78 is 6.54. The Balaban J connectivity index is 1.75. The summed E-state index contributed by atoms with van der Waals surface area (Å²) in [7, 11) is 1.30. The summed E-state index contributed by atoms with van der Waals surface area (Å²) >= 11 is 6.25. The van der Waals surface area contributed by atoms with Crippen molar-refractivity contribution in [3.63, 3.8) is 0 Å². The fourth-order valence-electron chi connectivity index (χ4n) is 2.89. The van der Waals surface area contributed by atoms with Gasteiger partial charge in [-0.25, -0.2) is 0 Å². The first-order valence-corrected chi connectivity index (χ1v) is 10.1. The van der Waals surface area contributed by atoms with Crippen molar-refractivity contribution in [2.75, 3.05) is 39.2 Å². The molecule has 1 unspecified atom stereocenters. The molecule has 1 fully saturated rings. The Kier molecular flexibility index (Phi) is 6.65. The molecule has 1 saturated heterocycles. The van der Waals surface area contributed by atoms with E-state index in [0.29, 0.717) is 5.88 Å². The Morgan fingerprint density at radius 3 is 2.04 bits per heavy atom. The van der Waals surface area contributed by atoms with Gasteiger partial charge >= 0.3 is 0 Å². The van der Waals surface area contributed by atoms with Crippen molar-refractivity contribution in [3.05, 3.63) is 60.7 Å². The van der Waals surface area contributed by atoms with Gasteiger partial charge in [0.2, 0.25) is 0 Å². The largest absolute Gasteiger partial charge is 0.344 e. The molecular weight excluding hydrogens is 339 g/mol. The zero-order valence-corrected chi connectivity index (χ0v) is 15.7. The molecule has 0 spiro atoms. The summed E-state index contributed by atoms with van der Waals surface area (Å²) in [6, 6.07) is 21.0. The zero-order chi connectivity index (χ0) is 16.8. The van der Waals surface area contributed by atoms with Gasteiger partial charge in [-0.3, -0.25) is 9.80 Å². The van der Waals surface area contributed by atoms with Crippen molar-refractivity contribution >= 4 is 30.4 Å². The molecule has 2 aromatic rings. The number of halogens is 1. The predicted molar refractivity (Wildman–Crippen MR) is 104 cm³/mol. The number of alkyl halides is 1. The van der Waals surface area contributed by atoms with Crippen LogP contribution in [0.2, 0.25) is 0 Å². The van der Waals surface area contributed by atoms with Gasteiger partial charge < -0.3 is 4.52 Å². The van der Waals surface area contributed by atoms with Crippen LogP contribution in [0.4, 0.5) is 0 Å². The van der Waals surface area contributed by atoms with E-state index in [0.717, 1.165) is 26.3 Å². The van der Waals surface area contributed by atoms with E-state index in [-0.39, 0.29) is 6.10 Å². The average molecular weight is 363 g/mol. The summed E-state index contributed by atoms with van der Waals surface area (Å²) in [5.74, 6) is 0.513. The highest BCUT2D eigenvalue weighted by Crippen LogP contribution is 2.36. The predicted octanol–water partition coefficient (Wildman–Crippen LogP) is 2.86. The van der Waals surface area contributed by atoms with Crippen LogP contribution in [-0.2, 0) is 4.52 Å². The minimum Gasteiger partial charge on any atom is -0.344 e. The molecule has 0 amide bonds. The van der Waals surface area contributed by atoms with Crippen LogP contribution in [0.15, 0.2) is 60.7 Å². The molecule has 0 aliphatic carbocycles. The lowest BCUT2D eigenvalue weighted by atomic mass is 10.4. The van der Waals surface area contributed by atoms with E-state index in [9.17, 15) is 0 Å². The fourth-order valence-corrected chi connectivity index (χ4v) is 5.00. The molecule has 0 bridgehead atoms. The van der Waals surface area contributed by atoms with Crippen LogP contribution < -0.4 is 10.6 Å². The SMILES string of the molecule is CN1CCN(CC(CCl)OP(c2ccccc2)c2ccccc2)C1. The lowest BCUT2D eigenvalue weighted by Gasteiger charge is -2.27. The third-order valence-corrected chi connectivity index (χ3v) is 6.50. The first-order valence-electron chi connectivity index (χ1n) is 8.30. The Labute approximate surface area is 151 Å². The van der Waals surface area contributed by atoms with E-state index in [2.05, 4.69) is 65.4 Å². The van der Waals surface area contributed by atoms with E-state index in [4.69, 9.17) is 16.1 Å². The van der Waals surface area contributed by atoms with Gasteiger partial charge in [0.05, 0.1) is 26.8 Å². The Hall–Kier alpha value is -0.960. The monoisotopic (exact) mass is 362 g/mol. The molecule has 2 aromatic carbocycles. The number of benzene rings is 2. The normalized spacial score (nSPS) is 17.5. The van der Waals surface area contributed by atoms with Crippen molar-refractivity contribution in [2.45, 2.75) is 6.10 Å². The van der Waals surface area contributed by atoms with Crippen LogP contribution in [0.5, 0.6) is 0 Å². The Bertz CT molecular complexity index is 574. The summed E-state index contributed by atoms with van der Waals surface area (Å²) in [6.07, 6.45) is 0.0321. The second kappa shape index (κ2) is 8.94. The van der Waals surface area contributed by atoms with Crippen LogP contribution in [0.3, 0.4) is 0 Å². The van der Waals surface area contributed by atoms with Crippen LogP contribution >= 0.6 is 19.7 Å². The molecule has 0 saturated carbocycles. The molecule has 1 heterocycles. The van der Waals surface area contributed by atoms with Gasteiger partial charge in [0.25, 0.3) is 0 Å². The van der Waals surface area contributed by atoms with Gasteiger partial charge in [-0.15, -0.1) is 11.6 Å². The highest BCUT2D eigenvalue weighted by atomic mass is 35.5. The van der Waals surface area contributed by atoms with E-state index in [1.54, 1.807) is 0 Å². The average Bonchev–Trinajstić information content (AvgIpc) is 3.05.